The van der Waals surface area contributed by atoms with Crippen molar-refractivity contribution in [1.29, 1.82) is 5.26 Å². The van der Waals surface area contributed by atoms with E-state index in [1.54, 1.807) is 4.90 Å². The van der Waals surface area contributed by atoms with Crippen LogP contribution in [0.15, 0.2) is 29.2 Å². The molecule has 176 valence electrons. The summed E-state index contributed by atoms with van der Waals surface area (Å²) in [5.41, 5.74) is 0.330. The SMILES string of the molecule is CN1CCN(S(=O)(=O)N2CCN(C(=O)c3ccc(S(=O)(=O)NCCC#N)cc3)CC2)CC1. The van der Waals surface area contributed by atoms with Crippen LogP contribution in [0.3, 0.4) is 0 Å². The fourth-order valence-electron chi connectivity index (χ4n) is 3.59. The Bertz CT molecular complexity index is 1050. The van der Waals surface area contributed by atoms with Crippen molar-refractivity contribution in [2.45, 2.75) is 11.3 Å². The molecule has 2 aliphatic rings. The number of sulfonamides is 1. The smallest absolute Gasteiger partial charge is 0.282 e. The molecule has 3 rings (SSSR count). The lowest BCUT2D eigenvalue weighted by molar-refractivity contribution is 0.0692. The average Bonchev–Trinajstić information content (AvgIpc) is 2.79. The van der Waals surface area contributed by atoms with Crippen LogP contribution in [-0.4, -0.2) is 107 Å². The minimum atomic E-state index is -3.74. The van der Waals surface area contributed by atoms with Gasteiger partial charge in [0.05, 0.1) is 11.0 Å². The average molecular weight is 485 g/mol. The Balaban J connectivity index is 1.58. The van der Waals surface area contributed by atoms with Crippen molar-refractivity contribution in [3.05, 3.63) is 29.8 Å². The predicted octanol–water partition coefficient (Wildman–Crippen LogP) is -0.871. The summed E-state index contributed by atoms with van der Waals surface area (Å²) in [6.45, 7) is 3.28. The summed E-state index contributed by atoms with van der Waals surface area (Å²) >= 11 is 0. The molecule has 1 amide bonds. The number of nitrogens with one attached hydrogen (secondary N) is 1. The van der Waals surface area contributed by atoms with Crippen LogP contribution in [-0.2, 0) is 20.2 Å². The van der Waals surface area contributed by atoms with E-state index in [-0.39, 0.29) is 49.9 Å². The zero-order chi connectivity index (χ0) is 23.4. The number of nitriles is 1. The van der Waals surface area contributed by atoms with E-state index in [1.165, 1.54) is 32.9 Å². The molecule has 2 fully saturated rings. The number of carbonyl (C=O) groups is 1. The molecule has 1 N–H and O–H groups in total. The highest BCUT2D eigenvalue weighted by Gasteiger charge is 2.34. The third-order valence-corrected chi connectivity index (χ3v) is 9.09. The van der Waals surface area contributed by atoms with Gasteiger partial charge >= 0.3 is 0 Å². The van der Waals surface area contributed by atoms with E-state index in [0.717, 1.165) is 0 Å². The number of amides is 1. The maximum Gasteiger partial charge on any atom is 0.282 e. The van der Waals surface area contributed by atoms with E-state index >= 15 is 0 Å². The summed E-state index contributed by atoms with van der Waals surface area (Å²) in [5, 5.41) is 8.52. The van der Waals surface area contributed by atoms with Gasteiger partial charge in [0.1, 0.15) is 0 Å². The van der Waals surface area contributed by atoms with Gasteiger partial charge in [0, 0.05) is 70.9 Å². The van der Waals surface area contributed by atoms with Gasteiger partial charge in [0.25, 0.3) is 16.1 Å². The number of carbonyl (C=O) groups excluding carboxylic acids is 1. The van der Waals surface area contributed by atoms with Gasteiger partial charge in [-0.2, -0.15) is 22.3 Å². The molecule has 0 radical (unpaired) electrons. The fourth-order valence-corrected chi connectivity index (χ4v) is 6.20. The van der Waals surface area contributed by atoms with Crippen LogP contribution in [0.2, 0.25) is 0 Å². The van der Waals surface area contributed by atoms with Gasteiger partial charge < -0.3 is 9.80 Å². The van der Waals surface area contributed by atoms with Crippen molar-refractivity contribution in [3.63, 3.8) is 0 Å². The molecule has 2 saturated heterocycles. The van der Waals surface area contributed by atoms with Gasteiger partial charge in [0.15, 0.2) is 0 Å². The number of piperazine rings is 2. The van der Waals surface area contributed by atoms with Crippen LogP contribution in [0.5, 0.6) is 0 Å². The summed E-state index contributed by atoms with van der Waals surface area (Å²) in [7, 11) is -5.33. The minimum Gasteiger partial charge on any atom is -0.336 e. The molecule has 0 saturated carbocycles. The summed E-state index contributed by atoms with van der Waals surface area (Å²) in [6.07, 6.45) is 0.0618. The standard InChI is InChI=1S/C19H28N6O5S2/c1-22-9-13-24(14-10-22)32(29,30)25-15-11-23(12-16-25)19(26)17-3-5-18(6-4-17)31(27,28)21-8-2-7-20/h3-6,21H,2,8-16H2,1H3. The van der Waals surface area contributed by atoms with Crippen LogP contribution >= 0.6 is 0 Å². The van der Waals surface area contributed by atoms with Gasteiger partial charge in [0.2, 0.25) is 10.0 Å². The van der Waals surface area contributed by atoms with Gasteiger partial charge in [-0.05, 0) is 31.3 Å². The van der Waals surface area contributed by atoms with Gasteiger partial charge in [-0.25, -0.2) is 13.1 Å². The molecule has 0 aromatic heterocycles. The molecule has 1 aromatic carbocycles. The third-order valence-electron chi connectivity index (χ3n) is 5.58. The number of likely N-dealkylation sites (N-methyl/N-ethyl adjacent to an activating group) is 1. The monoisotopic (exact) mass is 484 g/mol. The fraction of sp³-hybridized carbons (Fsp3) is 0.579. The lowest BCUT2D eigenvalue weighted by Gasteiger charge is -2.39. The number of benzene rings is 1. The first-order chi connectivity index (χ1) is 15.1. The first-order valence-electron chi connectivity index (χ1n) is 10.3. The Kier molecular flexibility index (Phi) is 7.86. The highest BCUT2D eigenvalue weighted by Crippen LogP contribution is 2.17. The maximum atomic E-state index is 12.9. The van der Waals surface area contributed by atoms with Gasteiger partial charge in [-0.15, -0.1) is 0 Å². The van der Waals surface area contributed by atoms with E-state index in [0.29, 0.717) is 31.7 Å². The quantitative estimate of drug-likeness (QED) is 0.497. The van der Waals surface area contributed by atoms with Crippen LogP contribution < -0.4 is 4.72 Å². The maximum absolute atomic E-state index is 12.9. The predicted molar refractivity (Wildman–Crippen MR) is 117 cm³/mol. The lowest BCUT2D eigenvalue weighted by atomic mass is 10.2. The number of nitrogens with zero attached hydrogens (tertiary/aromatic N) is 5. The molecule has 0 unspecified atom stereocenters. The lowest BCUT2D eigenvalue weighted by Crippen LogP contribution is -2.57. The van der Waals surface area contributed by atoms with Crippen molar-refractivity contribution in [2.75, 3.05) is 66.0 Å². The molecule has 0 aliphatic carbocycles. The Morgan fingerprint density at radius 3 is 2.00 bits per heavy atom. The molecule has 1 aromatic rings. The Labute approximate surface area is 189 Å². The topological polar surface area (TPSA) is 134 Å². The Hall–Kier alpha value is -2.08. The van der Waals surface area contributed by atoms with E-state index in [2.05, 4.69) is 9.62 Å². The van der Waals surface area contributed by atoms with Gasteiger partial charge in [-0.1, -0.05) is 0 Å². The largest absolute Gasteiger partial charge is 0.336 e. The molecule has 0 bridgehead atoms. The second kappa shape index (κ2) is 10.2. The molecule has 13 heteroatoms. The second-order valence-electron chi connectivity index (χ2n) is 7.73. The van der Waals surface area contributed by atoms with Crippen LogP contribution in [0.25, 0.3) is 0 Å². The van der Waals surface area contributed by atoms with E-state index < -0.39 is 20.2 Å². The zero-order valence-electron chi connectivity index (χ0n) is 18.0. The highest BCUT2D eigenvalue weighted by atomic mass is 32.2. The second-order valence-corrected chi connectivity index (χ2v) is 11.4. The summed E-state index contributed by atoms with van der Waals surface area (Å²) in [5.74, 6) is -0.275. The van der Waals surface area contributed by atoms with Crippen molar-refractivity contribution >= 4 is 26.1 Å². The summed E-state index contributed by atoms with van der Waals surface area (Å²) < 4.78 is 55.3. The Morgan fingerprint density at radius 2 is 1.47 bits per heavy atom. The molecule has 32 heavy (non-hydrogen) atoms. The first kappa shape index (κ1) is 24.6. The normalized spacial score (nSPS) is 19.6. The molecule has 2 heterocycles. The molecular weight excluding hydrogens is 456 g/mol. The molecule has 0 atom stereocenters. The molecular formula is C19H28N6O5S2. The third kappa shape index (κ3) is 5.64. The zero-order valence-corrected chi connectivity index (χ0v) is 19.6. The number of hydrogen-bond donors (Lipinski definition) is 1. The van der Waals surface area contributed by atoms with Crippen molar-refractivity contribution in [3.8, 4) is 6.07 Å². The van der Waals surface area contributed by atoms with Crippen molar-refractivity contribution in [2.24, 2.45) is 0 Å². The first-order valence-corrected chi connectivity index (χ1v) is 13.2. The molecule has 0 spiro atoms. The van der Waals surface area contributed by atoms with Crippen LogP contribution in [0, 0.1) is 11.3 Å². The van der Waals surface area contributed by atoms with E-state index in [9.17, 15) is 21.6 Å². The van der Waals surface area contributed by atoms with Crippen LogP contribution in [0.1, 0.15) is 16.8 Å². The Morgan fingerprint density at radius 1 is 0.938 bits per heavy atom. The van der Waals surface area contributed by atoms with Crippen molar-refractivity contribution < 1.29 is 21.6 Å². The minimum absolute atomic E-state index is 0.00933. The number of rotatable bonds is 7. The van der Waals surface area contributed by atoms with E-state index in [1.807, 2.05) is 13.1 Å². The highest BCUT2D eigenvalue weighted by molar-refractivity contribution is 7.89. The van der Waals surface area contributed by atoms with Gasteiger partial charge in [-0.3, -0.25) is 4.79 Å². The molecule has 2 aliphatic heterocycles. The van der Waals surface area contributed by atoms with Crippen molar-refractivity contribution in [1.82, 2.24) is 23.1 Å². The number of hydrogen-bond acceptors (Lipinski definition) is 7. The summed E-state index contributed by atoms with van der Waals surface area (Å²) in [4.78, 5) is 16.5. The summed E-state index contributed by atoms with van der Waals surface area (Å²) in [6, 6.07) is 7.43. The van der Waals surface area contributed by atoms with E-state index in [4.69, 9.17) is 5.26 Å². The molecule has 11 nitrogen and oxygen atoms in total. The van der Waals surface area contributed by atoms with Crippen LogP contribution in [0.4, 0.5) is 0 Å².